The summed E-state index contributed by atoms with van der Waals surface area (Å²) in [5, 5.41) is 17.7. The standard InChI is InChI=1S/C7H13NO4/c9-6-3-8(4-7(10)11)1-2-12-5-6/h6,9H,1-5H2,(H,10,11). The van der Waals surface area contributed by atoms with Gasteiger partial charge in [-0.25, -0.2) is 0 Å². The summed E-state index contributed by atoms with van der Waals surface area (Å²) in [4.78, 5) is 12.0. The number of hydrogen-bond donors (Lipinski definition) is 2. The lowest BCUT2D eigenvalue weighted by Crippen LogP contribution is -2.36. The minimum Gasteiger partial charge on any atom is -0.480 e. The van der Waals surface area contributed by atoms with Gasteiger partial charge in [0.25, 0.3) is 0 Å². The van der Waals surface area contributed by atoms with Gasteiger partial charge in [0.2, 0.25) is 0 Å². The highest BCUT2D eigenvalue weighted by Gasteiger charge is 2.17. The molecule has 1 atom stereocenters. The van der Waals surface area contributed by atoms with Crippen molar-refractivity contribution in [3.8, 4) is 0 Å². The average Bonchev–Trinajstić information content (AvgIpc) is 2.12. The number of carbonyl (C=O) groups is 1. The molecule has 12 heavy (non-hydrogen) atoms. The maximum Gasteiger partial charge on any atom is 0.317 e. The number of rotatable bonds is 2. The number of carboxylic acids is 1. The summed E-state index contributed by atoms with van der Waals surface area (Å²) in [5.74, 6) is -0.871. The molecule has 5 nitrogen and oxygen atoms in total. The predicted molar refractivity (Wildman–Crippen MR) is 40.9 cm³/mol. The van der Waals surface area contributed by atoms with Crippen LogP contribution in [0.1, 0.15) is 0 Å². The fourth-order valence-electron chi connectivity index (χ4n) is 1.19. The van der Waals surface area contributed by atoms with E-state index in [0.29, 0.717) is 26.3 Å². The second kappa shape index (κ2) is 4.39. The van der Waals surface area contributed by atoms with Gasteiger partial charge in [0.1, 0.15) is 0 Å². The zero-order chi connectivity index (χ0) is 8.97. The summed E-state index contributed by atoms with van der Waals surface area (Å²) >= 11 is 0. The molecular weight excluding hydrogens is 162 g/mol. The van der Waals surface area contributed by atoms with Gasteiger partial charge in [-0.3, -0.25) is 9.69 Å². The Bertz CT molecular complexity index is 161. The smallest absolute Gasteiger partial charge is 0.317 e. The number of carboxylic acid groups (broad SMARTS) is 1. The number of aliphatic carboxylic acids is 1. The molecule has 2 N–H and O–H groups in total. The van der Waals surface area contributed by atoms with E-state index >= 15 is 0 Å². The van der Waals surface area contributed by atoms with Crippen LogP contribution in [0.2, 0.25) is 0 Å². The Balaban J connectivity index is 2.35. The molecule has 1 saturated heterocycles. The molecule has 1 rings (SSSR count). The van der Waals surface area contributed by atoms with Gasteiger partial charge in [0, 0.05) is 13.1 Å². The molecule has 0 saturated carbocycles. The fourth-order valence-corrected chi connectivity index (χ4v) is 1.19. The molecule has 1 unspecified atom stereocenters. The van der Waals surface area contributed by atoms with Crippen molar-refractivity contribution < 1.29 is 19.7 Å². The third-order valence-corrected chi connectivity index (χ3v) is 1.69. The topological polar surface area (TPSA) is 70.0 Å². The molecule has 1 fully saturated rings. The van der Waals surface area contributed by atoms with Crippen LogP contribution in [-0.4, -0.2) is 60.0 Å². The van der Waals surface area contributed by atoms with Gasteiger partial charge in [-0.1, -0.05) is 0 Å². The van der Waals surface area contributed by atoms with E-state index < -0.39 is 12.1 Å². The second-order valence-corrected chi connectivity index (χ2v) is 2.86. The monoisotopic (exact) mass is 175 g/mol. The Kier molecular flexibility index (Phi) is 3.46. The summed E-state index contributed by atoms with van der Waals surface area (Å²) < 4.78 is 5.03. The van der Waals surface area contributed by atoms with Crippen LogP contribution >= 0.6 is 0 Å². The number of β-amino-alcohol motifs (C(OH)–C–C–N with tert-alkyl or cyclic N) is 1. The van der Waals surface area contributed by atoms with E-state index in [1.54, 1.807) is 4.90 Å². The van der Waals surface area contributed by atoms with Crippen LogP contribution < -0.4 is 0 Å². The molecule has 0 aromatic carbocycles. The van der Waals surface area contributed by atoms with Crippen molar-refractivity contribution in [3.05, 3.63) is 0 Å². The van der Waals surface area contributed by atoms with Crippen molar-refractivity contribution in [1.82, 2.24) is 4.90 Å². The van der Waals surface area contributed by atoms with Gasteiger partial charge in [0.05, 0.1) is 25.9 Å². The summed E-state index contributed by atoms with van der Waals surface area (Å²) in [5.41, 5.74) is 0. The molecule has 70 valence electrons. The molecule has 0 bridgehead atoms. The SMILES string of the molecule is O=C(O)CN1CCOCC(O)C1. The first-order valence-corrected chi connectivity index (χ1v) is 3.88. The molecule has 0 aliphatic carbocycles. The van der Waals surface area contributed by atoms with Gasteiger partial charge in [-0.2, -0.15) is 0 Å². The van der Waals surface area contributed by atoms with Crippen LogP contribution in [0.25, 0.3) is 0 Å². The zero-order valence-electron chi connectivity index (χ0n) is 6.77. The third kappa shape index (κ3) is 3.17. The molecule has 1 aliphatic rings. The molecule has 1 heterocycles. The minimum atomic E-state index is -0.871. The molecule has 0 aromatic rings. The Morgan fingerprint density at radius 2 is 2.42 bits per heavy atom. The first kappa shape index (κ1) is 9.44. The van der Waals surface area contributed by atoms with Gasteiger partial charge in [0.15, 0.2) is 0 Å². The maximum atomic E-state index is 10.3. The predicted octanol–water partition coefficient (Wildman–Crippen LogP) is -1.24. The Morgan fingerprint density at radius 3 is 3.08 bits per heavy atom. The van der Waals surface area contributed by atoms with Gasteiger partial charge < -0.3 is 14.9 Å². The van der Waals surface area contributed by atoms with E-state index in [1.807, 2.05) is 0 Å². The van der Waals surface area contributed by atoms with E-state index in [2.05, 4.69) is 0 Å². The van der Waals surface area contributed by atoms with Crippen LogP contribution in [0.4, 0.5) is 0 Å². The average molecular weight is 175 g/mol. The zero-order valence-corrected chi connectivity index (χ0v) is 6.77. The first-order valence-electron chi connectivity index (χ1n) is 3.88. The van der Waals surface area contributed by atoms with Gasteiger partial charge in [-0.05, 0) is 0 Å². The van der Waals surface area contributed by atoms with Crippen LogP contribution in [0.15, 0.2) is 0 Å². The van der Waals surface area contributed by atoms with Crippen LogP contribution in [-0.2, 0) is 9.53 Å². The quantitative estimate of drug-likeness (QED) is 0.549. The lowest BCUT2D eigenvalue weighted by Gasteiger charge is -2.17. The van der Waals surface area contributed by atoms with E-state index in [4.69, 9.17) is 9.84 Å². The Labute approximate surface area is 70.5 Å². The minimum absolute atomic E-state index is 0.0274. The normalized spacial score (nSPS) is 26.6. The molecule has 5 heteroatoms. The molecule has 0 aromatic heterocycles. The molecule has 0 spiro atoms. The van der Waals surface area contributed by atoms with Crippen LogP contribution in [0, 0.1) is 0 Å². The van der Waals surface area contributed by atoms with E-state index in [0.717, 1.165) is 0 Å². The number of nitrogens with zero attached hydrogens (tertiary/aromatic N) is 1. The van der Waals surface area contributed by atoms with E-state index in [9.17, 15) is 9.90 Å². The van der Waals surface area contributed by atoms with E-state index in [1.165, 1.54) is 0 Å². The highest BCUT2D eigenvalue weighted by molar-refractivity contribution is 5.69. The first-order chi connectivity index (χ1) is 5.68. The van der Waals surface area contributed by atoms with Crippen molar-refractivity contribution in [2.75, 3.05) is 32.8 Å². The molecule has 1 aliphatic heterocycles. The van der Waals surface area contributed by atoms with Crippen molar-refractivity contribution >= 4 is 5.97 Å². The summed E-state index contributed by atoms with van der Waals surface area (Å²) in [6, 6.07) is 0. The molecular formula is C7H13NO4. The van der Waals surface area contributed by atoms with Crippen molar-refractivity contribution in [2.24, 2.45) is 0 Å². The van der Waals surface area contributed by atoms with Crippen molar-refractivity contribution in [2.45, 2.75) is 6.10 Å². The number of hydrogen-bond acceptors (Lipinski definition) is 4. The fraction of sp³-hybridized carbons (Fsp3) is 0.857. The number of aliphatic hydroxyl groups is 1. The van der Waals surface area contributed by atoms with Crippen LogP contribution in [0.3, 0.4) is 0 Å². The van der Waals surface area contributed by atoms with Crippen molar-refractivity contribution in [3.63, 3.8) is 0 Å². The summed E-state index contributed by atoms with van der Waals surface area (Å²) in [7, 11) is 0. The summed E-state index contributed by atoms with van der Waals surface area (Å²) in [6.07, 6.45) is -0.563. The Hall–Kier alpha value is -0.650. The van der Waals surface area contributed by atoms with Crippen LogP contribution in [0.5, 0.6) is 0 Å². The van der Waals surface area contributed by atoms with E-state index in [-0.39, 0.29) is 6.54 Å². The third-order valence-electron chi connectivity index (χ3n) is 1.69. The lowest BCUT2D eigenvalue weighted by atomic mass is 10.3. The number of aliphatic hydroxyl groups excluding tert-OH is 1. The Morgan fingerprint density at radius 1 is 1.67 bits per heavy atom. The highest BCUT2D eigenvalue weighted by atomic mass is 16.5. The van der Waals surface area contributed by atoms with Gasteiger partial charge >= 0.3 is 5.97 Å². The second-order valence-electron chi connectivity index (χ2n) is 2.86. The lowest BCUT2D eigenvalue weighted by molar-refractivity contribution is -0.138. The summed E-state index contributed by atoms with van der Waals surface area (Å²) in [6.45, 7) is 1.72. The van der Waals surface area contributed by atoms with Crippen molar-refractivity contribution in [1.29, 1.82) is 0 Å². The van der Waals surface area contributed by atoms with Gasteiger partial charge in [-0.15, -0.1) is 0 Å². The highest BCUT2D eigenvalue weighted by Crippen LogP contribution is 1.99. The maximum absolute atomic E-state index is 10.3. The molecule has 0 amide bonds. The largest absolute Gasteiger partial charge is 0.480 e. The number of ether oxygens (including phenoxy) is 1. The molecule has 0 radical (unpaired) electrons.